The minimum absolute atomic E-state index is 0.209. The van der Waals surface area contributed by atoms with Crippen LogP contribution in [0.1, 0.15) is 21.7 Å². The van der Waals surface area contributed by atoms with Crippen LogP contribution in [-0.4, -0.2) is 16.7 Å². The van der Waals surface area contributed by atoms with Crippen LogP contribution in [0.25, 0.3) is 21.9 Å². The Hall–Kier alpha value is -3.35. The second-order valence-electron chi connectivity index (χ2n) is 7.35. The van der Waals surface area contributed by atoms with Gasteiger partial charge in [0, 0.05) is 44.1 Å². The number of hydrazone groups is 1. The zero-order chi connectivity index (χ0) is 22.1. The summed E-state index contributed by atoms with van der Waals surface area (Å²) >= 11 is 9.42. The predicted molar refractivity (Wildman–Crippen MR) is 131 cm³/mol. The average molecular weight is 507 g/mol. The van der Waals surface area contributed by atoms with Crippen molar-refractivity contribution in [3.8, 4) is 0 Å². The Balaban J connectivity index is 1.37. The fourth-order valence-electron chi connectivity index (χ4n) is 3.64. The Morgan fingerprint density at radius 3 is 2.75 bits per heavy atom. The third-order valence-corrected chi connectivity index (χ3v) is 5.90. The number of nitrogens with one attached hydrogen (secondary N) is 1. The zero-order valence-corrected chi connectivity index (χ0v) is 19.1. The molecule has 0 aliphatic heterocycles. The summed E-state index contributed by atoms with van der Waals surface area (Å²) in [5.74, 6) is -0.195. The maximum atomic E-state index is 12.5. The van der Waals surface area contributed by atoms with Crippen molar-refractivity contribution in [2.24, 2.45) is 5.10 Å². The van der Waals surface area contributed by atoms with E-state index in [9.17, 15) is 4.79 Å². The zero-order valence-electron chi connectivity index (χ0n) is 16.8. The third-order valence-electron chi connectivity index (χ3n) is 5.16. The van der Waals surface area contributed by atoms with Gasteiger partial charge in [-0.15, -0.1) is 0 Å². The van der Waals surface area contributed by atoms with Crippen LogP contribution >= 0.6 is 27.5 Å². The molecule has 0 unspecified atom stereocenters. The number of aromatic nitrogens is 1. The van der Waals surface area contributed by atoms with E-state index in [4.69, 9.17) is 16.0 Å². The van der Waals surface area contributed by atoms with E-state index < -0.39 is 5.91 Å². The highest BCUT2D eigenvalue weighted by atomic mass is 79.9. The molecule has 0 atom stereocenters. The highest BCUT2D eigenvalue weighted by Crippen LogP contribution is 2.24. The van der Waals surface area contributed by atoms with E-state index in [1.54, 1.807) is 12.3 Å². The number of para-hydroxylation sites is 1. The van der Waals surface area contributed by atoms with Gasteiger partial charge < -0.3 is 8.98 Å². The number of fused-ring (bicyclic) bond motifs is 2. The number of halogens is 2. The lowest BCUT2D eigenvalue weighted by molar-refractivity contribution is 0.0929. The van der Waals surface area contributed by atoms with Gasteiger partial charge in [-0.25, -0.2) is 5.43 Å². The number of carbonyl (C=O) groups is 1. The molecule has 7 heteroatoms. The van der Waals surface area contributed by atoms with E-state index in [-0.39, 0.29) is 5.76 Å². The Morgan fingerprint density at radius 1 is 1.09 bits per heavy atom. The second-order valence-corrected chi connectivity index (χ2v) is 8.70. The Bertz CT molecular complexity index is 1470. The molecule has 158 valence electrons. The lowest BCUT2D eigenvalue weighted by Gasteiger charge is -2.05. The summed E-state index contributed by atoms with van der Waals surface area (Å²) in [6.07, 6.45) is 3.67. The van der Waals surface area contributed by atoms with E-state index in [1.807, 2.05) is 66.9 Å². The molecule has 0 spiro atoms. The Kier molecular flexibility index (Phi) is 5.55. The van der Waals surface area contributed by atoms with Crippen LogP contribution in [0.2, 0.25) is 5.02 Å². The Morgan fingerprint density at radius 2 is 1.91 bits per heavy atom. The van der Waals surface area contributed by atoms with Crippen LogP contribution in [0.3, 0.4) is 0 Å². The topological polar surface area (TPSA) is 59.5 Å². The van der Waals surface area contributed by atoms with Gasteiger partial charge in [-0.2, -0.15) is 5.10 Å². The monoisotopic (exact) mass is 505 g/mol. The first-order chi connectivity index (χ1) is 15.6. The first kappa shape index (κ1) is 20.5. The van der Waals surface area contributed by atoms with Crippen LogP contribution in [-0.2, 0) is 6.54 Å². The molecule has 0 bridgehead atoms. The number of benzene rings is 3. The maximum absolute atomic E-state index is 12.5. The summed E-state index contributed by atoms with van der Waals surface area (Å²) in [6.45, 7) is 0.701. The normalized spacial score (nSPS) is 11.6. The highest BCUT2D eigenvalue weighted by Gasteiger charge is 2.12. The molecule has 0 fully saturated rings. The SMILES string of the molecule is O=C(N/N=C/c1cn(Cc2ccc(Cl)cc2)c2ccccc12)c1cc2cc(Br)ccc2o1. The van der Waals surface area contributed by atoms with Crippen molar-refractivity contribution in [1.82, 2.24) is 9.99 Å². The fraction of sp³-hybridized carbons (Fsp3) is 0.0400. The van der Waals surface area contributed by atoms with Crippen molar-refractivity contribution in [2.45, 2.75) is 6.54 Å². The maximum Gasteiger partial charge on any atom is 0.307 e. The first-order valence-corrected chi connectivity index (χ1v) is 11.1. The molecule has 1 N–H and O–H groups in total. The van der Waals surface area contributed by atoms with E-state index in [2.05, 4.69) is 37.1 Å². The van der Waals surface area contributed by atoms with Gasteiger partial charge in [0.25, 0.3) is 0 Å². The molecule has 5 aromatic rings. The number of hydrogen-bond donors (Lipinski definition) is 1. The van der Waals surface area contributed by atoms with Crippen molar-refractivity contribution >= 4 is 61.5 Å². The van der Waals surface area contributed by atoms with Crippen LogP contribution in [0.15, 0.2) is 93.0 Å². The van der Waals surface area contributed by atoms with Crippen LogP contribution < -0.4 is 5.43 Å². The largest absolute Gasteiger partial charge is 0.451 e. The van der Waals surface area contributed by atoms with Crippen LogP contribution in [0.4, 0.5) is 0 Å². The number of carbonyl (C=O) groups excluding carboxylic acids is 1. The molecule has 3 aromatic carbocycles. The van der Waals surface area contributed by atoms with Crippen molar-refractivity contribution in [1.29, 1.82) is 0 Å². The summed E-state index contributed by atoms with van der Waals surface area (Å²) in [5.41, 5.74) is 6.33. The summed E-state index contributed by atoms with van der Waals surface area (Å²) in [4.78, 5) is 12.5. The van der Waals surface area contributed by atoms with E-state index in [1.165, 1.54) is 0 Å². The summed E-state index contributed by atoms with van der Waals surface area (Å²) in [5, 5.41) is 6.77. The molecule has 0 aliphatic rings. The predicted octanol–water partition coefficient (Wildman–Crippen LogP) is 6.62. The third kappa shape index (κ3) is 4.20. The van der Waals surface area contributed by atoms with Gasteiger partial charge >= 0.3 is 5.91 Å². The van der Waals surface area contributed by atoms with Gasteiger partial charge in [0.05, 0.1) is 6.21 Å². The van der Waals surface area contributed by atoms with Gasteiger partial charge in [-0.1, -0.05) is 57.9 Å². The first-order valence-electron chi connectivity index (χ1n) is 9.92. The lowest BCUT2D eigenvalue weighted by atomic mass is 10.2. The van der Waals surface area contributed by atoms with E-state index in [0.717, 1.165) is 31.9 Å². The van der Waals surface area contributed by atoms with Crippen LogP contribution in [0.5, 0.6) is 0 Å². The number of nitrogens with zero attached hydrogens (tertiary/aromatic N) is 2. The molecule has 2 aromatic heterocycles. The van der Waals surface area contributed by atoms with E-state index in [0.29, 0.717) is 17.2 Å². The van der Waals surface area contributed by atoms with Crippen molar-refractivity contribution in [3.05, 3.63) is 105 Å². The number of rotatable bonds is 5. The standard InChI is InChI=1S/C25H17BrClN3O2/c26-19-7-10-23-17(11-19)12-24(32-23)25(31)29-28-13-18-15-30(22-4-2-1-3-21(18)22)14-16-5-8-20(27)9-6-16/h1-13,15H,14H2,(H,29,31)/b28-13+. The summed E-state index contributed by atoms with van der Waals surface area (Å²) < 4.78 is 8.69. The van der Waals surface area contributed by atoms with Gasteiger partial charge in [-0.3, -0.25) is 4.79 Å². The molecular formula is C25H17BrClN3O2. The molecule has 0 radical (unpaired) electrons. The minimum Gasteiger partial charge on any atom is -0.451 e. The molecule has 1 amide bonds. The quantitative estimate of drug-likeness (QED) is 0.215. The second kappa shape index (κ2) is 8.65. The van der Waals surface area contributed by atoms with Crippen molar-refractivity contribution in [2.75, 3.05) is 0 Å². The molecule has 5 nitrogen and oxygen atoms in total. The highest BCUT2D eigenvalue weighted by molar-refractivity contribution is 9.10. The Labute approximate surface area is 197 Å². The average Bonchev–Trinajstić information content (AvgIpc) is 3.37. The number of hydrogen-bond acceptors (Lipinski definition) is 3. The molecule has 0 saturated heterocycles. The van der Waals surface area contributed by atoms with Gasteiger partial charge in [0.2, 0.25) is 0 Å². The minimum atomic E-state index is -0.404. The van der Waals surface area contributed by atoms with E-state index >= 15 is 0 Å². The van der Waals surface area contributed by atoms with Crippen molar-refractivity contribution in [3.63, 3.8) is 0 Å². The van der Waals surface area contributed by atoms with Gasteiger partial charge in [0.1, 0.15) is 5.58 Å². The van der Waals surface area contributed by atoms with Gasteiger partial charge in [-0.05, 0) is 48.0 Å². The summed E-state index contributed by atoms with van der Waals surface area (Å²) in [6, 6.07) is 23.2. The molecule has 0 saturated carbocycles. The number of furan rings is 1. The molecule has 32 heavy (non-hydrogen) atoms. The van der Waals surface area contributed by atoms with Crippen LogP contribution in [0, 0.1) is 0 Å². The fourth-order valence-corrected chi connectivity index (χ4v) is 4.14. The molecular weight excluding hydrogens is 490 g/mol. The number of amides is 1. The lowest BCUT2D eigenvalue weighted by Crippen LogP contribution is -2.16. The van der Waals surface area contributed by atoms with Crippen molar-refractivity contribution < 1.29 is 9.21 Å². The molecule has 0 aliphatic carbocycles. The molecule has 2 heterocycles. The van der Waals surface area contributed by atoms with Gasteiger partial charge in [0.15, 0.2) is 5.76 Å². The smallest absolute Gasteiger partial charge is 0.307 e. The summed E-state index contributed by atoms with van der Waals surface area (Å²) in [7, 11) is 0. The molecule has 5 rings (SSSR count).